The number of nitrogens with one attached hydrogen (secondary N) is 1. The summed E-state index contributed by atoms with van der Waals surface area (Å²) in [5.74, 6) is 2.09. The smallest absolute Gasteiger partial charge is 0.251 e. The monoisotopic (exact) mass is 567 g/mol. The molecule has 4 aromatic rings. The highest BCUT2D eigenvalue weighted by Crippen LogP contribution is 2.38. The Morgan fingerprint density at radius 3 is 2.61 bits per heavy atom. The molecule has 1 amide bonds. The quantitative estimate of drug-likeness (QED) is 0.182. The van der Waals surface area contributed by atoms with E-state index in [4.69, 9.17) is 4.74 Å². The number of ether oxygens (including phenoxy) is 1. The number of aromatic nitrogens is 2. The first-order valence-electron chi connectivity index (χ1n) is 14.4. The Morgan fingerprint density at radius 2 is 1.88 bits per heavy atom. The lowest BCUT2D eigenvalue weighted by molar-refractivity contribution is 0.0945. The molecule has 0 aliphatic heterocycles. The van der Waals surface area contributed by atoms with Crippen molar-refractivity contribution < 1.29 is 14.3 Å². The van der Waals surface area contributed by atoms with Crippen molar-refractivity contribution in [3.05, 3.63) is 113 Å². The van der Waals surface area contributed by atoms with Gasteiger partial charge in [0.25, 0.3) is 5.91 Å². The molecular formula is C34H37N3O3S. The normalized spacial score (nSPS) is 14.2. The second-order valence-corrected chi connectivity index (χ2v) is 11.7. The van der Waals surface area contributed by atoms with Crippen LogP contribution < -0.4 is 10.1 Å². The van der Waals surface area contributed by atoms with Gasteiger partial charge in [0.2, 0.25) is 0 Å². The largest absolute Gasteiger partial charge is 0.484 e. The zero-order valence-electron chi connectivity index (χ0n) is 23.7. The number of rotatable bonds is 12. The number of Topliss-reactive ketones (excluding diaryl/α,β-unsaturated/α-hetero) is 1. The number of carbonyl (C=O) groups is 2. The summed E-state index contributed by atoms with van der Waals surface area (Å²) < 4.78 is 8.80. The van der Waals surface area contributed by atoms with Crippen molar-refractivity contribution >= 4 is 23.5 Å². The van der Waals surface area contributed by atoms with E-state index in [1.165, 1.54) is 0 Å². The molecule has 1 heterocycles. The van der Waals surface area contributed by atoms with Crippen molar-refractivity contribution in [3.8, 4) is 5.75 Å². The Balaban J connectivity index is 1.38. The highest BCUT2D eigenvalue weighted by atomic mass is 32.2. The molecule has 2 atom stereocenters. The third-order valence-corrected chi connectivity index (χ3v) is 8.74. The van der Waals surface area contributed by atoms with E-state index in [0.717, 1.165) is 52.2 Å². The number of thioether (sulfide) groups is 1. The fourth-order valence-electron chi connectivity index (χ4n) is 5.04. The lowest BCUT2D eigenvalue weighted by Gasteiger charge is -2.25. The number of benzene rings is 3. The molecule has 2 unspecified atom stereocenters. The lowest BCUT2D eigenvalue weighted by atomic mass is 9.87. The number of amides is 1. The van der Waals surface area contributed by atoms with E-state index in [9.17, 15) is 9.59 Å². The molecule has 41 heavy (non-hydrogen) atoms. The second kappa shape index (κ2) is 13.7. The standard InChI is InChI=1S/C34H37N3O3S/c1-3-24(2)20-36-34(39)26-12-14-27(15-13-26)41-22-30-28-10-7-11-31(38)29(28)16-17-32(30)40-33(21-37-19-18-35-23-37)25-8-5-4-6-9-25/h4-6,8-9,12-19,23-24,33H,3,7,10-11,20-22H2,1-2H3,(H,36,39). The van der Waals surface area contributed by atoms with Crippen molar-refractivity contribution in [1.29, 1.82) is 0 Å². The van der Waals surface area contributed by atoms with Gasteiger partial charge in [-0.3, -0.25) is 9.59 Å². The Labute approximate surface area is 246 Å². The van der Waals surface area contributed by atoms with E-state index < -0.39 is 0 Å². The molecular weight excluding hydrogens is 530 g/mol. The lowest BCUT2D eigenvalue weighted by Crippen LogP contribution is -2.27. The van der Waals surface area contributed by atoms with Crippen LogP contribution in [0.3, 0.4) is 0 Å². The number of fused-ring (bicyclic) bond motifs is 1. The van der Waals surface area contributed by atoms with Gasteiger partial charge < -0.3 is 14.6 Å². The van der Waals surface area contributed by atoms with Crippen LogP contribution in [0.2, 0.25) is 0 Å². The fourth-order valence-corrected chi connectivity index (χ4v) is 5.99. The van der Waals surface area contributed by atoms with Crippen LogP contribution in [0.15, 0.2) is 90.3 Å². The highest BCUT2D eigenvalue weighted by Gasteiger charge is 2.25. The number of carbonyl (C=O) groups excluding carboxylic acids is 2. The zero-order chi connectivity index (χ0) is 28.6. The van der Waals surface area contributed by atoms with Crippen molar-refractivity contribution in [3.63, 3.8) is 0 Å². The zero-order valence-corrected chi connectivity index (χ0v) is 24.5. The van der Waals surface area contributed by atoms with Gasteiger partial charge in [0.05, 0.1) is 12.9 Å². The van der Waals surface area contributed by atoms with Crippen LogP contribution in [0, 0.1) is 5.92 Å². The predicted molar refractivity (Wildman–Crippen MR) is 164 cm³/mol. The Bertz CT molecular complexity index is 1450. The van der Waals surface area contributed by atoms with Crippen LogP contribution in [0.25, 0.3) is 0 Å². The molecule has 0 radical (unpaired) electrons. The summed E-state index contributed by atoms with van der Waals surface area (Å²) in [7, 11) is 0. The average Bonchev–Trinajstić information content (AvgIpc) is 3.53. The molecule has 1 aliphatic carbocycles. The van der Waals surface area contributed by atoms with Gasteiger partial charge >= 0.3 is 0 Å². The van der Waals surface area contributed by atoms with Crippen LogP contribution >= 0.6 is 11.8 Å². The summed E-state index contributed by atoms with van der Waals surface area (Å²) in [5, 5.41) is 3.02. The number of nitrogens with zero attached hydrogens (tertiary/aromatic N) is 2. The number of hydrogen-bond acceptors (Lipinski definition) is 5. The molecule has 0 bridgehead atoms. The summed E-state index contributed by atoms with van der Waals surface area (Å²) >= 11 is 1.69. The topological polar surface area (TPSA) is 73.2 Å². The van der Waals surface area contributed by atoms with Crippen molar-refractivity contribution in [2.24, 2.45) is 5.92 Å². The third-order valence-electron chi connectivity index (χ3n) is 7.70. The fraction of sp³-hybridized carbons (Fsp3) is 0.324. The summed E-state index contributed by atoms with van der Waals surface area (Å²) in [5.41, 5.74) is 4.73. The molecule has 0 fully saturated rings. The van der Waals surface area contributed by atoms with Gasteiger partial charge in [0.15, 0.2) is 5.78 Å². The van der Waals surface area contributed by atoms with Gasteiger partial charge in [-0.05, 0) is 66.3 Å². The second-order valence-electron chi connectivity index (χ2n) is 10.7. The summed E-state index contributed by atoms with van der Waals surface area (Å²) in [6.07, 6.45) is 8.63. The number of ketones is 1. The molecule has 7 heteroatoms. The molecule has 0 spiro atoms. The minimum Gasteiger partial charge on any atom is -0.484 e. The Morgan fingerprint density at radius 1 is 1.07 bits per heavy atom. The first-order valence-corrected chi connectivity index (χ1v) is 15.4. The maximum atomic E-state index is 12.8. The summed E-state index contributed by atoms with van der Waals surface area (Å²) in [6.45, 7) is 5.55. The summed E-state index contributed by atoms with van der Waals surface area (Å²) in [6, 6.07) is 21.9. The first-order chi connectivity index (χ1) is 20.0. The third kappa shape index (κ3) is 7.27. The molecule has 1 aliphatic rings. The van der Waals surface area contributed by atoms with Crippen LogP contribution in [0.1, 0.15) is 76.6 Å². The predicted octanol–water partition coefficient (Wildman–Crippen LogP) is 7.29. The van der Waals surface area contributed by atoms with Crippen LogP contribution in [0.4, 0.5) is 0 Å². The van der Waals surface area contributed by atoms with E-state index in [1.807, 2.05) is 65.4 Å². The van der Waals surface area contributed by atoms with Crippen molar-refractivity contribution in [1.82, 2.24) is 14.9 Å². The van der Waals surface area contributed by atoms with Gasteiger partial charge in [-0.1, -0.05) is 50.6 Å². The van der Waals surface area contributed by atoms with Gasteiger partial charge in [-0.15, -0.1) is 11.8 Å². The van der Waals surface area contributed by atoms with E-state index in [1.54, 1.807) is 24.3 Å². The highest BCUT2D eigenvalue weighted by molar-refractivity contribution is 7.98. The van der Waals surface area contributed by atoms with E-state index >= 15 is 0 Å². The van der Waals surface area contributed by atoms with Gasteiger partial charge in [-0.2, -0.15) is 0 Å². The molecule has 6 nitrogen and oxygen atoms in total. The van der Waals surface area contributed by atoms with Crippen LogP contribution in [-0.4, -0.2) is 27.8 Å². The van der Waals surface area contributed by atoms with E-state index in [2.05, 4.69) is 36.3 Å². The number of hydrogen-bond donors (Lipinski definition) is 1. The number of imidazole rings is 1. The van der Waals surface area contributed by atoms with Crippen molar-refractivity contribution in [2.45, 2.75) is 62.8 Å². The molecule has 0 saturated heterocycles. The molecule has 212 valence electrons. The minimum absolute atomic E-state index is 0.0435. The molecule has 0 saturated carbocycles. The van der Waals surface area contributed by atoms with Gasteiger partial charge in [0.1, 0.15) is 11.9 Å². The molecule has 1 N–H and O–H groups in total. The average molecular weight is 568 g/mol. The molecule has 5 rings (SSSR count). The van der Waals surface area contributed by atoms with E-state index in [0.29, 0.717) is 36.7 Å². The van der Waals surface area contributed by atoms with Crippen LogP contribution in [0.5, 0.6) is 5.75 Å². The van der Waals surface area contributed by atoms with Crippen LogP contribution in [-0.2, 0) is 18.7 Å². The maximum Gasteiger partial charge on any atom is 0.251 e. The first kappa shape index (κ1) is 28.7. The Kier molecular flexibility index (Phi) is 9.57. The molecule has 1 aromatic heterocycles. The van der Waals surface area contributed by atoms with Gasteiger partial charge in [-0.25, -0.2) is 4.98 Å². The maximum absolute atomic E-state index is 12.8. The van der Waals surface area contributed by atoms with Gasteiger partial charge in [0, 0.05) is 52.7 Å². The summed E-state index contributed by atoms with van der Waals surface area (Å²) in [4.78, 5) is 30.6. The van der Waals surface area contributed by atoms with E-state index in [-0.39, 0.29) is 17.8 Å². The Hall–Kier alpha value is -3.84. The van der Waals surface area contributed by atoms with Crippen molar-refractivity contribution in [2.75, 3.05) is 6.54 Å². The SMILES string of the molecule is CCC(C)CNC(=O)c1ccc(SCc2c(OC(Cn3ccnc3)c3ccccc3)ccc3c2CCCC3=O)cc1. The minimum atomic E-state index is -0.222. The molecule has 3 aromatic carbocycles.